The van der Waals surface area contributed by atoms with E-state index in [2.05, 4.69) is 17.9 Å². The summed E-state index contributed by atoms with van der Waals surface area (Å²) >= 11 is 4.30. The van der Waals surface area contributed by atoms with Crippen LogP contribution in [0.3, 0.4) is 0 Å². The van der Waals surface area contributed by atoms with Gasteiger partial charge in [0.1, 0.15) is 5.82 Å². The maximum absolute atomic E-state index is 13.0. The Morgan fingerprint density at radius 2 is 1.68 bits per heavy atom. The molecule has 0 radical (unpaired) electrons. The molecule has 1 heterocycles. The van der Waals surface area contributed by atoms with E-state index in [0.717, 1.165) is 0 Å². The fourth-order valence-corrected chi connectivity index (χ4v) is 3.19. The lowest BCUT2D eigenvalue weighted by molar-refractivity contribution is 0.0698. The van der Waals surface area contributed by atoms with Crippen LogP contribution >= 0.6 is 12.6 Å². The third-order valence-corrected chi connectivity index (χ3v) is 4.75. The summed E-state index contributed by atoms with van der Waals surface area (Å²) in [5.74, 6) is -0.609. The highest BCUT2D eigenvalue weighted by Gasteiger charge is 2.25. The van der Waals surface area contributed by atoms with Gasteiger partial charge in [-0.25, -0.2) is 4.39 Å². The van der Waals surface area contributed by atoms with Gasteiger partial charge in [-0.1, -0.05) is 12.1 Å². The van der Waals surface area contributed by atoms with Gasteiger partial charge < -0.3 is 10.2 Å². The number of halogens is 1. The molecule has 6 heteroatoms. The molecule has 0 spiro atoms. The van der Waals surface area contributed by atoms with E-state index >= 15 is 0 Å². The van der Waals surface area contributed by atoms with Crippen LogP contribution in [0.25, 0.3) is 0 Å². The summed E-state index contributed by atoms with van der Waals surface area (Å²) in [5.41, 5.74) is 1.03. The minimum atomic E-state index is -0.359. The number of carbonyl (C=O) groups excluding carboxylic acids is 2. The number of piperidine rings is 1. The molecule has 1 aliphatic heterocycles. The number of carbonyl (C=O) groups is 2. The Kier molecular flexibility index (Phi) is 5.38. The quantitative estimate of drug-likeness (QED) is 0.828. The average Bonchev–Trinajstić information content (AvgIpc) is 2.63. The zero-order chi connectivity index (χ0) is 17.8. The smallest absolute Gasteiger partial charge is 0.253 e. The Bertz CT molecular complexity index is 771. The number of hydrogen-bond donors (Lipinski definition) is 2. The number of nitrogens with zero attached hydrogens (tertiary/aromatic N) is 1. The largest absolute Gasteiger partial charge is 0.349 e. The maximum Gasteiger partial charge on any atom is 0.253 e. The first kappa shape index (κ1) is 17.5. The SMILES string of the molecule is O=C(NC1CCN(C(=O)c2ccc(F)cc2)CC1)c1ccccc1S. The first-order valence-electron chi connectivity index (χ1n) is 8.18. The Morgan fingerprint density at radius 1 is 1.04 bits per heavy atom. The minimum absolute atomic E-state index is 0.0257. The number of thiol groups is 1. The molecule has 0 aromatic heterocycles. The molecule has 4 nitrogen and oxygen atoms in total. The molecular weight excluding hydrogens is 339 g/mol. The van der Waals surface area contributed by atoms with Gasteiger partial charge in [0.15, 0.2) is 0 Å². The first-order valence-corrected chi connectivity index (χ1v) is 8.63. The lowest BCUT2D eigenvalue weighted by atomic mass is 10.0. The molecule has 1 fully saturated rings. The fraction of sp³-hybridized carbons (Fsp3) is 0.263. The van der Waals surface area contributed by atoms with Gasteiger partial charge >= 0.3 is 0 Å². The van der Waals surface area contributed by atoms with Crippen molar-refractivity contribution < 1.29 is 14.0 Å². The molecule has 130 valence electrons. The number of amides is 2. The van der Waals surface area contributed by atoms with Crippen LogP contribution in [-0.2, 0) is 0 Å². The molecule has 25 heavy (non-hydrogen) atoms. The predicted molar refractivity (Wildman–Crippen MR) is 96.5 cm³/mol. The highest BCUT2D eigenvalue weighted by Crippen LogP contribution is 2.17. The number of nitrogens with one attached hydrogen (secondary N) is 1. The van der Waals surface area contributed by atoms with Crippen LogP contribution in [0.4, 0.5) is 4.39 Å². The molecule has 1 saturated heterocycles. The third kappa shape index (κ3) is 4.20. The van der Waals surface area contributed by atoms with Crippen LogP contribution in [0.1, 0.15) is 33.6 Å². The zero-order valence-corrected chi connectivity index (χ0v) is 14.5. The molecule has 1 aliphatic rings. The summed E-state index contributed by atoms with van der Waals surface area (Å²) in [4.78, 5) is 27.1. The van der Waals surface area contributed by atoms with Gasteiger partial charge in [-0.3, -0.25) is 9.59 Å². The topological polar surface area (TPSA) is 49.4 Å². The molecule has 0 unspecified atom stereocenters. The van der Waals surface area contributed by atoms with Crippen molar-refractivity contribution in [2.24, 2.45) is 0 Å². The zero-order valence-electron chi connectivity index (χ0n) is 13.6. The van der Waals surface area contributed by atoms with Gasteiger partial charge in [-0.2, -0.15) is 0 Å². The van der Waals surface area contributed by atoms with Gasteiger partial charge in [0.05, 0.1) is 5.56 Å². The number of rotatable bonds is 3. The lowest BCUT2D eigenvalue weighted by Crippen LogP contribution is -2.46. The first-order chi connectivity index (χ1) is 12.0. The van der Waals surface area contributed by atoms with Crippen LogP contribution in [0.5, 0.6) is 0 Å². The van der Waals surface area contributed by atoms with E-state index in [-0.39, 0.29) is 23.7 Å². The summed E-state index contributed by atoms with van der Waals surface area (Å²) in [5, 5.41) is 3.01. The van der Waals surface area contributed by atoms with Crippen LogP contribution in [0.15, 0.2) is 53.4 Å². The normalized spacial score (nSPS) is 15.0. The van der Waals surface area contributed by atoms with E-state index in [4.69, 9.17) is 0 Å². The predicted octanol–water partition coefficient (Wildman–Crippen LogP) is 3.15. The van der Waals surface area contributed by atoms with Crippen molar-refractivity contribution >= 4 is 24.4 Å². The number of hydrogen-bond acceptors (Lipinski definition) is 3. The van der Waals surface area contributed by atoms with Gasteiger partial charge in [0.25, 0.3) is 11.8 Å². The van der Waals surface area contributed by atoms with E-state index in [1.54, 1.807) is 23.1 Å². The van der Waals surface area contributed by atoms with Crippen LogP contribution in [-0.4, -0.2) is 35.8 Å². The number of likely N-dealkylation sites (tertiary alicyclic amines) is 1. The van der Waals surface area contributed by atoms with Crippen molar-refractivity contribution in [3.8, 4) is 0 Å². The molecule has 0 bridgehead atoms. The van der Waals surface area contributed by atoms with Gasteiger partial charge in [0, 0.05) is 29.6 Å². The van der Waals surface area contributed by atoms with E-state index in [1.807, 2.05) is 6.07 Å². The second kappa shape index (κ2) is 7.70. The lowest BCUT2D eigenvalue weighted by Gasteiger charge is -2.32. The van der Waals surface area contributed by atoms with Crippen molar-refractivity contribution in [1.29, 1.82) is 0 Å². The molecule has 0 aliphatic carbocycles. The summed E-state index contributed by atoms with van der Waals surface area (Å²) in [7, 11) is 0. The molecule has 2 amide bonds. The molecule has 1 N–H and O–H groups in total. The summed E-state index contributed by atoms with van der Waals surface area (Å²) in [6.07, 6.45) is 1.38. The van der Waals surface area contributed by atoms with E-state index < -0.39 is 0 Å². The molecule has 0 saturated carbocycles. The highest BCUT2D eigenvalue weighted by molar-refractivity contribution is 7.80. The van der Waals surface area contributed by atoms with Crippen molar-refractivity contribution in [1.82, 2.24) is 10.2 Å². The Morgan fingerprint density at radius 3 is 2.32 bits per heavy atom. The van der Waals surface area contributed by atoms with E-state index in [1.165, 1.54) is 24.3 Å². The molecule has 2 aromatic carbocycles. The highest BCUT2D eigenvalue weighted by atomic mass is 32.1. The van der Waals surface area contributed by atoms with Crippen LogP contribution in [0.2, 0.25) is 0 Å². The Hall–Kier alpha value is -2.34. The van der Waals surface area contributed by atoms with Crippen molar-refractivity contribution in [2.45, 2.75) is 23.8 Å². The van der Waals surface area contributed by atoms with Gasteiger partial charge in [-0.15, -0.1) is 12.6 Å². The molecule has 2 aromatic rings. The Balaban J connectivity index is 1.55. The standard InChI is InChI=1S/C19H19FN2O2S/c20-14-7-5-13(6-8-14)19(24)22-11-9-15(10-12-22)21-18(23)16-3-1-2-4-17(16)25/h1-8,15,25H,9-12H2,(H,21,23). The summed E-state index contributed by atoms with van der Waals surface area (Å²) < 4.78 is 13.0. The number of benzene rings is 2. The summed E-state index contributed by atoms with van der Waals surface area (Å²) in [6, 6.07) is 12.7. The van der Waals surface area contributed by atoms with E-state index in [0.29, 0.717) is 42.0 Å². The van der Waals surface area contributed by atoms with Gasteiger partial charge in [0.2, 0.25) is 0 Å². The third-order valence-electron chi connectivity index (χ3n) is 4.36. The van der Waals surface area contributed by atoms with Crippen LogP contribution in [0, 0.1) is 5.82 Å². The maximum atomic E-state index is 13.0. The van der Waals surface area contributed by atoms with Crippen molar-refractivity contribution in [3.63, 3.8) is 0 Å². The molecule has 0 atom stereocenters. The second-order valence-corrected chi connectivity index (χ2v) is 6.55. The average molecular weight is 358 g/mol. The monoisotopic (exact) mass is 358 g/mol. The molecular formula is C19H19FN2O2S. The second-order valence-electron chi connectivity index (χ2n) is 6.06. The Labute approximate surface area is 151 Å². The van der Waals surface area contributed by atoms with Crippen molar-refractivity contribution in [3.05, 3.63) is 65.5 Å². The van der Waals surface area contributed by atoms with Crippen LogP contribution < -0.4 is 5.32 Å². The summed E-state index contributed by atoms with van der Waals surface area (Å²) in [6.45, 7) is 1.12. The minimum Gasteiger partial charge on any atom is -0.349 e. The molecule has 3 rings (SSSR count). The van der Waals surface area contributed by atoms with Gasteiger partial charge in [-0.05, 0) is 49.2 Å². The fourth-order valence-electron chi connectivity index (χ4n) is 2.93. The van der Waals surface area contributed by atoms with Crippen molar-refractivity contribution in [2.75, 3.05) is 13.1 Å². The van der Waals surface area contributed by atoms with E-state index in [9.17, 15) is 14.0 Å².